The van der Waals surface area contributed by atoms with Crippen molar-refractivity contribution in [2.24, 2.45) is 5.84 Å². The van der Waals surface area contributed by atoms with Crippen LogP contribution in [-0.2, 0) is 12.6 Å². The van der Waals surface area contributed by atoms with Gasteiger partial charge < -0.3 is 0 Å². The van der Waals surface area contributed by atoms with Crippen molar-refractivity contribution in [1.82, 2.24) is 10.4 Å². The average molecular weight is 287 g/mol. The summed E-state index contributed by atoms with van der Waals surface area (Å²) < 4.78 is 37.4. The monoisotopic (exact) mass is 287 g/mol. The van der Waals surface area contributed by atoms with Crippen molar-refractivity contribution in [3.63, 3.8) is 0 Å². The molecule has 0 radical (unpaired) electrons. The Hall–Kier alpha value is -1.44. The summed E-state index contributed by atoms with van der Waals surface area (Å²) in [4.78, 5) is 4.97. The summed E-state index contributed by atoms with van der Waals surface area (Å²) in [7, 11) is 0. The van der Waals surface area contributed by atoms with Crippen LogP contribution in [0.4, 0.5) is 13.2 Å². The first-order valence-electron chi connectivity index (χ1n) is 5.51. The highest BCUT2D eigenvalue weighted by Gasteiger charge is 2.30. The van der Waals surface area contributed by atoms with Crippen molar-refractivity contribution >= 4 is 11.3 Å². The Kier molecular flexibility index (Phi) is 4.18. The van der Waals surface area contributed by atoms with Gasteiger partial charge >= 0.3 is 6.18 Å². The summed E-state index contributed by atoms with van der Waals surface area (Å²) in [6.07, 6.45) is -2.01. The summed E-state index contributed by atoms with van der Waals surface area (Å²) in [5.41, 5.74) is 4.37. The maximum Gasteiger partial charge on any atom is 0.416 e. The van der Waals surface area contributed by atoms with Crippen molar-refractivity contribution in [1.29, 1.82) is 0 Å². The van der Waals surface area contributed by atoms with E-state index in [4.69, 9.17) is 5.84 Å². The van der Waals surface area contributed by atoms with Gasteiger partial charge in [0.05, 0.1) is 17.1 Å². The van der Waals surface area contributed by atoms with E-state index in [1.807, 2.05) is 0 Å². The van der Waals surface area contributed by atoms with Crippen LogP contribution >= 0.6 is 11.3 Å². The second-order valence-corrected chi connectivity index (χ2v) is 4.98. The van der Waals surface area contributed by atoms with Gasteiger partial charge in [-0.2, -0.15) is 13.2 Å². The molecule has 1 heterocycles. The molecule has 0 bridgehead atoms. The number of hydrazine groups is 1. The van der Waals surface area contributed by atoms with Crippen LogP contribution in [0.1, 0.15) is 22.0 Å². The molecular formula is C12H12F3N3S. The van der Waals surface area contributed by atoms with Crippen LogP contribution in [-0.4, -0.2) is 4.98 Å². The second-order valence-electron chi connectivity index (χ2n) is 4.01. The molecule has 1 atom stereocenters. The molecule has 1 aromatic carbocycles. The summed E-state index contributed by atoms with van der Waals surface area (Å²) in [5.74, 6) is 5.46. The van der Waals surface area contributed by atoms with Gasteiger partial charge in [-0.1, -0.05) is 12.1 Å². The molecule has 19 heavy (non-hydrogen) atoms. The molecule has 102 valence electrons. The van der Waals surface area contributed by atoms with Crippen LogP contribution in [0.25, 0.3) is 0 Å². The number of rotatable bonds is 4. The van der Waals surface area contributed by atoms with Crippen LogP contribution in [0.5, 0.6) is 0 Å². The van der Waals surface area contributed by atoms with Crippen molar-refractivity contribution in [3.8, 4) is 0 Å². The topological polar surface area (TPSA) is 50.9 Å². The molecule has 7 heteroatoms. The van der Waals surface area contributed by atoms with Crippen LogP contribution < -0.4 is 11.3 Å². The van der Waals surface area contributed by atoms with Crippen molar-refractivity contribution in [2.45, 2.75) is 18.6 Å². The number of nitrogens with two attached hydrogens (primary N) is 1. The molecule has 0 spiro atoms. The third kappa shape index (κ3) is 3.52. The molecule has 0 aliphatic carbocycles. The molecule has 0 saturated heterocycles. The summed E-state index contributed by atoms with van der Waals surface area (Å²) >= 11 is 1.48. The number of nitrogens with zero attached hydrogens (tertiary/aromatic N) is 1. The normalized spacial score (nSPS) is 13.5. The number of aromatic nitrogens is 1. The zero-order valence-electron chi connectivity index (χ0n) is 9.82. The van der Waals surface area contributed by atoms with Crippen molar-refractivity contribution in [3.05, 3.63) is 52.0 Å². The number of alkyl halides is 3. The summed E-state index contributed by atoms with van der Waals surface area (Å²) in [6, 6.07) is 4.77. The fourth-order valence-corrected chi connectivity index (χ4v) is 2.36. The molecular weight excluding hydrogens is 275 g/mol. The van der Waals surface area contributed by atoms with Gasteiger partial charge in [-0.15, -0.1) is 11.3 Å². The van der Waals surface area contributed by atoms with Gasteiger partial charge in [0.15, 0.2) is 0 Å². The van der Waals surface area contributed by atoms with E-state index in [1.165, 1.54) is 23.5 Å². The maximum atomic E-state index is 12.5. The molecule has 1 unspecified atom stereocenters. The lowest BCUT2D eigenvalue weighted by Crippen LogP contribution is -2.29. The highest BCUT2D eigenvalue weighted by Crippen LogP contribution is 2.30. The molecule has 1 aromatic heterocycles. The van der Waals surface area contributed by atoms with Crippen molar-refractivity contribution in [2.75, 3.05) is 0 Å². The Bertz CT molecular complexity index is 508. The highest BCUT2D eigenvalue weighted by molar-refractivity contribution is 7.09. The van der Waals surface area contributed by atoms with Gasteiger partial charge in [0.25, 0.3) is 0 Å². The lowest BCUT2D eigenvalue weighted by atomic mass is 10.0. The van der Waals surface area contributed by atoms with E-state index < -0.39 is 11.7 Å². The number of benzene rings is 1. The van der Waals surface area contributed by atoms with E-state index in [1.54, 1.807) is 11.7 Å². The Labute approximate surface area is 112 Å². The standard InChI is InChI=1S/C12H12F3N3S/c13-12(14,15)9-3-1-8(2-4-9)11(18-16)5-10-6-17-7-19-10/h1-4,6-7,11,18H,5,16H2. The molecule has 3 N–H and O–H groups in total. The molecule has 2 rings (SSSR count). The Morgan fingerprint density at radius 2 is 1.95 bits per heavy atom. The minimum atomic E-state index is -4.32. The van der Waals surface area contributed by atoms with Crippen LogP contribution in [0.2, 0.25) is 0 Å². The molecule has 0 aliphatic rings. The van der Waals surface area contributed by atoms with Gasteiger partial charge in [0.2, 0.25) is 0 Å². The van der Waals surface area contributed by atoms with Gasteiger partial charge in [-0.25, -0.2) is 0 Å². The van der Waals surface area contributed by atoms with Crippen molar-refractivity contribution < 1.29 is 13.2 Å². The minimum absolute atomic E-state index is 0.234. The molecule has 0 fully saturated rings. The smallest absolute Gasteiger partial charge is 0.271 e. The fraction of sp³-hybridized carbons (Fsp3) is 0.250. The van der Waals surface area contributed by atoms with Crippen LogP contribution in [0, 0.1) is 0 Å². The number of hydrogen-bond acceptors (Lipinski definition) is 4. The lowest BCUT2D eigenvalue weighted by Gasteiger charge is -2.16. The molecule has 2 aromatic rings. The first-order chi connectivity index (χ1) is 9.00. The van der Waals surface area contributed by atoms with Crippen LogP contribution in [0.3, 0.4) is 0 Å². The first kappa shape index (κ1) is 14.0. The van der Waals surface area contributed by atoms with E-state index in [-0.39, 0.29) is 6.04 Å². The van der Waals surface area contributed by atoms with E-state index in [0.29, 0.717) is 12.0 Å². The average Bonchev–Trinajstić information content (AvgIpc) is 2.88. The number of hydrogen-bond donors (Lipinski definition) is 2. The predicted molar refractivity (Wildman–Crippen MR) is 67.3 cm³/mol. The number of nitrogens with one attached hydrogen (secondary N) is 1. The predicted octanol–water partition coefficient (Wildman–Crippen LogP) is 2.91. The summed E-state index contributed by atoms with van der Waals surface area (Å²) in [5, 5.41) is 0. The Balaban J connectivity index is 2.15. The first-order valence-corrected chi connectivity index (χ1v) is 6.39. The van der Waals surface area contributed by atoms with Crippen LogP contribution in [0.15, 0.2) is 36.0 Å². The van der Waals surface area contributed by atoms with Gasteiger partial charge in [0.1, 0.15) is 0 Å². The minimum Gasteiger partial charge on any atom is -0.271 e. The third-order valence-electron chi connectivity index (χ3n) is 2.73. The largest absolute Gasteiger partial charge is 0.416 e. The van der Waals surface area contributed by atoms with E-state index in [2.05, 4.69) is 10.4 Å². The Morgan fingerprint density at radius 1 is 1.26 bits per heavy atom. The van der Waals surface area contributed by atoms with E-state index >= 15 is 0 Å². The highest BCUT2D eigenvalue weighted by atomic mass is 32.1. The molecule has 0 aliphatic heterocycles. The van der Waals surface area contributed by atoms with Gasteiger partial charge in [-0.05, 0) is 17.7 Å². The second kappa shape index (κ2) is 5.68. The quantitative estimate of drug-likeness (QED) is 0.671. The molecule has 0 amide bonds. The van der Waals surface area contributed by atoms with Gasteiger partial charge in [0, 0.05) is 17.5 Å². The lowest BCUT2D eigenvalue weighted by molar-refractivity contribution is -0.137. The number of halogens is 3. The maximum absolute atomic E-state index is 12.5. The molecule has 3 nitrogen and oxygen atoms in total. The Morgan fingerprint density at radius 3 is 2.42 bits per heavy atom. The van der Waals surface area contributed by atoms with Gasteiger partial charge in [-0.3, -0.25) is 16.3 Å². The fourth-order valence-electron chi connectivity index (χ4n) is 1.72. The number of thiazole rings is 1. The molecule has 0 saturated carbocycles. The SMILES string of the molecule is NNC(Cc1cncs1)c1ccc(C(F)(F)F)cc1. The van der Waals surface area contributed by atoms with E-state index in [0.717, 1.165) is 17.0 Å². The zero-order chi connectivity index (χ0) is 13.9. The zero-order valence-corrected chi connectivity index (χ0v) is 10.6. The van der Waals surface area contributed by atoms with E-state index in [9.17, 15) is 13.2 Å². The third-order valence-corrected chi connectivity index (χ3v) is 3.53. The summed E-state index contributed by atoms with van der Waals surface area (Å²) in [6.45, 7) is 0.